The molecule has 34 heavy (non-hydrogen) atoms. The zero-order valence-electron chi connectivity index (χ0n) is 20.5. The van der Waals surface area contributed by atoms with Crippen molar-refractivity contribution in [1.29, 1.82) is 0 Å². The standard InChI is InChI=1S/C27H30N4O3/c1-27(2)16-34-24(18-12-14-19(15-13-18)28(3)4)23-22-20(25(32)30(6)26(33)29(22)5)21(31(23)27)17-10-8-7-9-11-17/h7-15,24H,16H2,1-6H3. The molecule has 0 saturated heterocycles. The molecule has 7 heteroatoms. The largest absolute Gasteiger partial charge is 0.378 e. The third-order valence-corrected chi connectivity index (χ3v) is 6.82. The normalized spacial score (nSPS) is 17.1. The summed E-state index contributed by atoms with van der Waals surface area (Å²) in [6.07, 6.45) is -0.415. The fraction of sp³-hybridized carbons (Fsp3) is 0.333. The second kappa shape index (κ2) is 7.74. The van der Waals surface area contributed by atoms with Crippen LogP contribution in [0.2, 0.25) is 0 Å². The molecule has 0 bridgehead atoms. The van der Waals surface area contributed by atoms with Gasteiger partial charge in [-0.15, -0.1) is 0 Å². The first-order valence-electron chi connectivity index (χ1n) is 11.4. The Morgan fingerprint density at radius 1 is 0.941 bits per heavy atom. The molecule has 5 rings (SSSR count). The molecular weight excluding hydrogens is 428 g/mol. The summed E-state index contributed by atoms with van der Waals surface area (Å²) in [6.45, 7) is 4.68. The summed E-state index contributed by atoms with van der Waals surface area (Å²) in [5.74, 6) is 0. The van der Waals surface area contributed by atoms with Crippen molar-refractivity contribution in [3.63, 3.8) is 0 Å². The topological polar surface area (TPSA) is 61.4 Å². The molecule has 0 aliphatic carbocycles. The summed E-state index contributed by atoms with van der Waals surface area (Å²) in [6, 6.07) is 18.2. The Bertz CT molecular complexity index is 1510. The van der Waals surface area contributed by atoms with Crippen LogP contribution in [-0.2, 0) is 24.4 Å². The van der Waals surface area contributed by atoms with E-state index in [1.165, 1.54) is 11.6 Å². The molecule has 176 valence electrons. The molecule has 3 heterocycles. The van der Waals surface area contributed by atoms with Gasteiger partial charge in [-0.1, -0.05) is 42.5 Å². The van der Waals surface area contributed by atoms with Crippen LogP contribution in [0.15, 0.2) is 64.2 Å². The molecule has 0 amide bonds. The van der Waals surface area contributed by atoms with Crippen molar-refractivity contribution in [2.24, 2.45) is 14.1 Å². The smallest absolute Gasteiger partial charge is 0.331 e. The number of nitrogens with zero attached hydrogens (tertiary/aromatic N) is 4. The van der Waals surface area contributed by atoms with Gasteiger partial charge >= 0.3 is 5.69 Å². The highest BCUT2D eigenvalue weighted by molar-refractivity contribution is 5.96. The lowest BCUT2D eigenvalue weighted by Crippen LogP contribution is -2.40. The minimum absolute atomic E-state index is 0.295. The van der Waals surface area contributed by atoms with Gasteiger partial charge in [0.15, 0.2) is 0 Å². The molecule has 2 aromatic heterocycles. The Morgan fingerprint density at radius 2 is 1.59 bits per heavy atom. The van der Waals surface area contributed by atoms with Gasteiger partial charge in [0.25, 0.3) is 5.56 Å². The third-order valence-electron chi connectivity index (χ3n) is 6.82. The van der Waals surface area contributed by atoms with Crippen LogP contribution in [0.5, 0.6) is 0 Å². The van der Waals surface area contributed by atoms with Gasteiger partial charge in [-0.3, -0.25) is 13.9 Å². The lowest BCUT2D eigenvalue weighted by molar-refractivity contribution is -0.00706. The molecule has 1 atom stereocenters. The fourth-order valence-corrected chi connectivity index (χ4v) is 5.07. The molecule has 0 saturated carbocycles. The molecule has 0 N–H and O–H groups in total. The van der Waals surface area contributed by atoms with E-state index in [0.717, 1.165) is 28.2 Å². The van der Waals surface area contributed by atoms with Crippen LogP contribution in [0.4, 0.5) is 5.69 Å². The monoisotopic (exact) mass is 458 g/mol. The molecule has 0 spiro atoms. The predicted octanol–water partition coefficient (Wildman–Crippen LogP) is 3.63. The summed E-state index contributed by atoms with van der Waals surface area (Å²) in [7, 11) is 7.28. The maximum Gasteiger partial charge on any atom is 0.331 e. The van der Waals surface area contributed by atoms with Crippen molar-refractivity contribution < 1.29 is 4.74 Å². The molecule has 0 fully saturated rings. The summed E-state index contributed by atoms with van der Waals surface area (Å²) < 4.78 is 11.5. The van der Waals surface area contributed by atoms with E-state index in [0.29, 0.717) is 17.5 Å². The van der Waals surface area contributed by atoms with Gasteiger partial charge in [0.2, 0.25) is 0 Å². The Labute approximate surface area is 198 Å². The maximum atomic E-state index is 13.6. The Hall–Kier alpha value is -3.58. The highest BCUT2D eigenvalue weighted by Gasteiger charge is 2.40. The first kappa shape index (κ1) is 22.2. The van der Waals surface area contributed by atoms with Crippen LogP contribution in [0.1, 0.15) is 31.2 Å². The lowest BCUT2D eigenvalue weighted by Gasteiger charge is -2.39. The number of hydrogen-bond donors (Lipinski definition) is 0. The van der Waals surface area contributed by atoms with Crippen molar-refractivity contribution in [2.75, 3.05) is 25.6 Å². The summed E-state index contributed by atoms with van der Waals surface area (Å²) in [4.78, 5) is 28.7. The van der Waals surface area contributed by atoms with Gasteiger partial charge in [-0.2, -0.15) is 0 Å². The summed E-state index contributed by atoms with van der Waals surface area (Å²) >= 11 is 0. The fourth-order valence-electron chi connectivity index (χ4n) is 5.07. The number of benzene rings is 2. The highest BCUT2D eigenvalue weighted by Crippen LogP contribution is 2.45. The molecule has 1 aliphatic heterocycles. The molecule has 2 aromatic carbocycles. The van der Waals surface area contributed by atoms with Gasteiger partial charge in [0.05, 0.1) is 34.4 Å². The van der Waals surface area contributed by atoms with Gasteiger partial charge in [0, 0.05) is 33.9 Å². The molecular formula is C27H30N4O3. The van der Waals surface area contributed by atoms with E-state index in [4.69, 9.17) is 4.74 Å². The van der Waals surface area contributed by atoms with E-state index in [2.05, 4.69) is 42.7 Å². The molecule has 0 radical (unpaired) electrons. The van der Waals surface area contributed by atoms with Crippen molar-refractivity contribution in [2.45, 2.75) is 25.5 Å². The molecule has 7 nitrogen and oxygen atoms in total. The number of rotatable bonds is 3. The van der Waals surface area contributed by atoms with Gasteiger partial charge in [-0.05, 0) is 37.1 Å². The van der Waals surface area contributed by atoms with Crippen LogP contribution >= 0.6 is 0 Å². The Kier molecular flexibility index (Phi) is 5.06. The first-order chi connectivity index (χ1) is 16.1. The van der Waals surface area contributed by atoms with Crippen molar-refractivity contribution >= 4 is 16.6 Å². The van der Waals surface area contributed by atoms with Gasteiger partial charge in [0.1, 0.15) is 6.10 Å². The van der Waals surface area contributed by atoms with E-state index < -0.39 is 11.6 Å². The van der Waals surface area contributed by atoms with Gasteiger partial charge < -0.3 is 14.2 Å². The van der Waals surface area contributed by atoms with E-state index >= 15 is 0 Å². The van der Waals surface area contributed by atoms with Crippen molar-refractivity contribution in [3.8, 4) is 11.3 Å². The van der Waals surface area contributed by atoms with Crippen LogP contribution in [0.3, 0.4) is 0 Å². The Morgan fingerprint density at radius 3 is 2.21 bits per heavy atom. The Balaban J connectivity index is 1.94. The number of hydrogen-bond acceptors (Lipinski definition) is 4. The lowest BCUT2D eigenvalue weighted by atomic mass is 9.98. The highest BCUT2D eigenvalue weighted by atomic mass is 16.5. The zero-order chi connectivity index (χ0) is 24.4. The van der Waals surface area contributed by atoms with E-state index in [-0.39, 0.29) is 11.2 Å². The van der Waals surface area contributed by atoms with Gasteiger partial charge in [-0.25, -0.2) is 4.79 Å². The van der Waals surface area contributed by atoms with E-state index in [1.54, 1.807) is 11.6 Å². The second-order valence-corrected chi connectivity index (χ2v) is 9.85. The average molecular weight is 459 g/mol. The summed E-state index contributed by atoms with van der Waals surface area (Å²) in [5, 5.41) is 0.541. The van der Waals surface area contributed by atoms with Crippen LogP contribution in [0.25, 0.3) is 22.2 Å². The van der Waals surface area contributed by atoms with E-state index in [1.807, 2.05) is 49.3 Å². The summed E-state index contributed by atoms with van der Waals surface area (Å²) in [5.41, 5.74) is 4.21. The van der Waals surface area contributed by atoms with Crippen LogP contribution in [-0.4, -0.2) is 34.4 Å². The quantitative estimate of drug-likeness (QED) is 0.471. The number of ether oxygens (including phenoxy) is 1. The molecule has 1 unspecified atom stereocenters. The maximum absolute atomic E-state index is 13.6. The molecule has 1 aliphatic rings. The van der Waals surface area contributed by atoms with Crippen LogP contribution < -0.4 is 16.1 Å². The third kappa shape index (κ3) is 3.15. The minimum Gasteiger partial charge on any atom is -0.378 e. The molecule has 4 aromatic rings. The van der Waals surface area contributed by atoms with E-state index in [9.17, 15) is 9.59 Å². The average Bonchev–Trinajstić information content (AvgIpc) is 3.20. The van der Waals surface area contributed by atoms with Crippen LogP contribution in [0, 0.1) is 0 Å². The number of aryl methyl sites for hydroxylation is 1. The number of anilines is 1. The second-order valence-electron chi connectivity index (χ2n) is 9.85. The van der Waals surface area contributed by atoms with Crippen molar-refractivity contribution in [3.05, 3.63) is 86.7 Å². The van der Waals surface area contributed by atoms with Crippen molar-refractivity contribution in [1.82, 2.24) is 13.7 Å². The minimum atomic E-state index is -0.430. The number of fused-ring (bicyclic) bond motifs is 3. The SMILES string of the molecule is CN(C)c1ccc(C2OCC(C)(C)n3c(-c4ccccc4)c4c(=O)n(C)c(=O)n(C)c4c32)cc1. The number of aromatic nitrogens is 3. The first-order valence-corrected chi connectivity index (χ1v) is 11.4. The zero-order valence-corrected chi connectivity index (χ0v) is 20.5. The predicted molar refractivity (Wildman–Crippen MR) is 136 cm³/mol.